The van der Waals surface area contributed by atoms with Crippen LogP contribution >= 0.6 is 0 Å². The third kappa shape index (κ3) is 5.06. The first kappa shape index (κ1) is 16.9. The summed E-state index contributed by atoms with van der Waals surface area (Å²) in [6.45, 7) is 3.67. The first-order valence-corrected chi connectivity index (χ1v) is 7.84. The van der Waals surface area contributed by atoms with Gasteiger partial charge in [0.05, 0.1) is 6.26 Å². The highest BCUT2D eigenvalue weighted by Crippen LogP contribution is 2.17. The summed E-state index contributed by atoms with van der Waals surface area (Å²) >= 11 is 0. The molecule has 0 saturated carbocycles. The molecule has 5 nitrogen and oxygen atoms in total. The van der Waals surface area contributed by atoms with Crippen LogP contribution in [0, 0.1) is 6.92 Å². The minimum absolute atomic E-state index is 0.750. The Hall–Kier alpha value is -2.43. The Morgan fingerprint density at radius 3 is 2.65 bits per heavy atom. The first-order chi connectivity index (χ1) is 11.1. The van der Waals surface area contributed by atoms with Crippen molar-refractivity contribution in [2.24, 2.45) is 4.99 Å². The van der Waals surface area contributed by atoms with E-state index in [1.54, 1.807) is 13.3 Å². The van der Waals surface area contributed by atoms with E-state index in [0.717, 1.165) is 31.2 Å². The molecule has 0 bridgehead atoms. The third-order valence-corrected chi connectivity index (χ3v) is 3.76. The molecular weight excluding hydrogens is 288 g/mol. The highest BCUT2D eigenvalue weighted by Gasteiger charge is 2.04. The maximum Gasteiger partial charge on any atom is 0.191 e. The predicted molar refractivity (Wildman–Crippen MR) is 96.1 cm³/mol. The van der Waals surface area contributed by atoms with Gasteiger partial charge in [-0.25, -0.2) is 0 Å². The first-order valence-electron chi connectivity index (χ1n) is 7.84. The second kappa shape index (κ2) is 8.27. The molecule has 1 aromatic heterocycles. The highest BCUT2D eigenvalue weighted by molar-refractivity contribution is 5.79. The molecule has 1 aromatic carbocycles. The molecule has 0 spiro atoms. The molecule has 0 aliphatic rings. The lowest BCUT2D eigenvalue weighted by molar-refractivity contribution is 0.507. The average Bonchev–Trinajstić information content (AvgIpc) is 3.04. The number of hydrogen-bond acceptors (Lipinski definition) is 3. The van der Waals surface area contributed by atoms with E-state index in [4.69, 9.17) is 4.42 Å². The molecule has 124 valence electrons. The van der Waals surface area contributed by atoms with Crippen molar-refractivity contribution in [1.29, 1.82) is 0 Å². The second-order valence-electron chi connectivity index (χ2n) is 5.69. The fraction of sp³-hybridized carbons (Fsp3) is 0.389. The van der Waals surface area contributed by atoms with E-state index < -0.39 is 0 Å². The van der Waals surface area contributed by atoms with Crippen LogP contribution in [0.1, 0.15) is 16.9 Å². The van der Waals surface area contributed by atoms with Gasteiger partial charge in [-0.2, -0.15) is 0 Å². The summed E-state index contributed by atoms with van der Waals surface area (Å²) in [5.41, 5.74) is 3.76. The molecule has 0 aliphatic heterocycles. The van der Waals surface area contributed by atoms with Crippen molar-refractivity contribution in [2.75, 3.05) is 32.6 Å². The van der Waals surface area contributed by atoms with Gasteiger partial charge in [-0.15, -0.1) is 0 Å². The maximum absolute atomic E-state index is 5.32. The van der Waals surface area contributed by atoms with Gasteiger partial charge >= 0.3 is 0 Å². The molecule has 2 N–H and O–H groups in total. The summed E-state index contributed by atoms with van der Waals surface area (Å²) < 4.78 is 5.32. The minimum Gasteiger partial charge on any atom is -0.469 e. The van der Waals surface area contributed by atoms with Crippen molar-refractivity contribution in [2.45, 2.75) is 19.9 Å². The number of aryl methyl sites for hydroxylation is 1. The van der Waals surface area contributed by atoms with Crippen LogP contribution < -0.4 is 15.5 Å². The number of nitrogens with one attached hydrogen (secondary N) is 2. The Labute approximate surface area is 138 Å². The number of guanidine groups is 1. The largest absolute Gasteiger partial charge is 0.469 e. The van der Waals surface area contributed by atoms with Gasteiger partial charge in [0.15, 0.2) is 5.96 Å². The van der Waals surface area contributed by atoms with Gasteiger partial charge in [-0.05, 0) is 42.3 Å². The van der Waals surface area contributed by atoms with Crippen molar-refractivity contribution >= 4 is 11.6 Å². The summed E-state index contributed by atoms with van der Waals surface area (Å²) in [6, 6.07) is 10.4. The van der Waals surface area contributed by atoms with E-state index in [9.17, 15) is 0 Å². The fourth-order valence-electron chi connectivity index (χ4n) is 2.32. The van der Waals surface area contributed by atoms with Crippen LogP contribution in [-0.2, 0) is 13.0 Å². The Bertz CT molecular complexity index is 632. The van der Waals surface area contributed by atoms with Crippen molar-refractivity contribution in [3.63, 3.8) is 0 Å². The van der Waals surface area contributed by atoms with Crippen LogP contribution in [0.3, 0.4) is 0 Å². The molecule has 1 heterocycles. The lowest BCUT2D eigenvalue weighted by Gasteiger charge is -2.16. The van der Waals surface area contributed by atoms with Crippen LogP contribution in [0.5, 0.6) is 0 Å². The predicted octanol–water partition coefficient (Wildman–Crippen LogP) is 2.56. The molecule has 0 aliphatic carbocycles. The number of hydrogen-bond donors (Lipinski definition) is 2. The van der Waals surface area contributed by atoms with Gasteiger partial charge in [-0.1, -0.05) is 6.07 Å². The van der Waals surface area contributed by atoms with Crippen molar-refractivity contribution in [3.8, 4) is 0 Å². The number of nitrogens with zero attached hydrogens (tertiary/aromatic N) is 2. The molecular formula is C18H26N4O. The molecule has 0 fully saturated rings. The Morgan fingerprint density at radius 2 is 2.04 bits per heavy atom. The average molecular weight is 314 g/mol. The number of anilines is 1. The molecule has 2 rings (SSSR count). The zero-order chi connectivity index (χ0) is 16.7. The second-order valence-corrected chi connectivity index (χ2v) is 5.69. The lowest BCUT2D eigenvalue weighted by Crippen LogP contribution is -2.38. The van der Waals surface area contributed by atoms with E-state index in [-0.39, 0.29) is 0 Å². The monoisotopic (exact) mass is 314 g/mol. The molecule has 0 saturated heterocycles. The van der Waals surface area contributed by atoms with Crippen LogP contribution in [0.2, 0.25) is 0 Å². The molecule has 0 unspecified atom stereocenters. The highest BCUT2D eigenvalue weighted by atomic mass is 16.3. The molecule has 0 radical (unpaired) electrons. The molecule has 5 heteroatoms. The Balaban J connectivity index is 1.83. The Morgan fingerprint density at radius 1 is 1.22 bits per heavy atom. The van der Waals surface area contributed by atoms with Gasteiger partial charge in [-0.3, -0.25) is 4.99 Å². The van der Waals surface area contributed by atoms with Crippen LogP contribution in [0.15, 0.2) is 46.0 Å². The Kier molecular flexibility index (Phi) is 6.09. The summed E-state index contributed by atoms with van der Waals surface area (Å²) in [5.74, 6) is 1.77. The molecule has 0 atom stereocenters. The smallest absolute Gasteiger partial charge is 0.191 e. The van der Waals surface area contributed by atoms with Crippen LogP contribution in [-0.4, -0.2) is 33.6 Å². The van der Waals surface area contributed by atoms with E-state index in [1.807, 2.05) is 12.1 Å². The van der Waals surface area contributed by atoms with Gasteiger partial charge < -0.3 is 20.0 Å². The molecule has 23 heavy (non-hydrogen) atoms. The fourth-order valence-corrected chi connectivity index (χ4v) is 2.32. The van der Waals surface area contributed by atoms with Crippen molar-refractivity contribution in [3.05, 3.63) is 53.5 Å². The zero-order valence-electron chi connectivity index (χ0n) is 14.4. The minimum atomic E-state index is 0.750. The number of benzene rings is 1. The number of aliphatic imine (C=N–C) groups is 1. The molecule has 0 amide bonds. The van der Waals surface area contributed by atoms with Gasteiger partial charge in [0.2, 0.25) is 0 Å². The van der Waals surface area contributed by atoms with Crippen molar-refractivity contribution < 1.29 is 4.42 Å². The van der Waals surface area contributed by atoms with Crippen LogP contribution in [0.4, 0.5) is 5.69 Å². The van der Waals surface area contributed by atoms with E-state index in [1.165, 1.54) is 16.8 Å². The summed E-state index contributed by atoms with van der Waals surface area (Å²) in [4.78, 5) is 6.36. The van der Waals surface area contributed by atoms with Crippen LogP contribution in [0.25, 0.3) is 0 Å². The standard InChI is InChI=1S/C18H26N4O/c1-14-12-16(22(3)4)8-7-15(14)13-21-18(19-2)20-10-9-17-6-5-11-23-17/h5-8,11-12H,9-10,13H2,1-4H3,(H2,19,20,21). The van der Waals surface area contributed by atoms with E-state index in [2.05, 4.69) is 59.7 Å². The number of furan rings is 1. The van der Waals surface area contributed by atoms with Gasteiger partial charge in [0.1, 0.15) is 5.76 Å². The van der Waals surface area contributed by atoms with E-state index >= 15 is 0 Å². The summed E-state index contributed by atoms with van der Waals surface area (Å²) in [7, 11) is 5.89. The topological polar surface area (TPSA) is 52.8 Å². The number of rotatable bonds is 6. The lowest BCUT2D eigenvalue weighted by atomic mass is 10.1. The third-order valence-electron chi connectivity index (χ3n) is 3.76. The van der Waals surface area contributed by atoms with Gasteiger partial charge in [0.25, 0.3) is 0 Å². The summed E-state index contributed by atoms with van der Waals surface area (Å²) in [6.07, 6.45) is 2.53. The van der Waals surface area contributed by atoms with E-state index in [0.29, 0.717) is 0 Å². The normalized spacial score (nSPS) is 11.4. The summed E-state index contributed by atoms with van der Waals surface area (Å²) in [5, 5.41) is 6.65. The maximum atomic E-state index is 5.32. The zero-order valence-corrected chi connectivity index (χ0v) is 14.4. The van der Waals surface area contributed by atoms with Gasteiger partial charge in [0, 0.05) is 46.3 Å². The SMILES string of the molecule is CN=C(NCCc1ccco1)NCc1ccc(N(C)C)cc1C. The molecule has 2 aromatic rings. The van der Waals surface area contributed by atoms with Crippen molar-refractivity contribution in [1.82, 2.24) is 10.6 Å². The quantitative estimate of drug-likeness (QED) is 0.635.